The van der Waals surface area contributed by atoms with Gasteiger partial charge in [0.15, 0.2) is 0 Å². The van der Waals surface area contributed by atoms with Crippen molar-refractivity contribution in [2.45, 2.75) is 6.04 Å². The molecular weight excluding hydrogens is 447 g/mol. The highest BCUT2D eigenvalue weighted by Gasteiger charge is 2.26. The van der Waals surface area contributed by atoms with Crippen LogP contribution in [-0.2, 0) is 14.3 Å². The first kappa shape index (κ1) is 26.7. The van der Waals surface area contributed by atoms with Crippen LogP contribution in [0, 0.1) is 0 Å². The molecule has 3 rings (SSSR count). The lowest BCUT2D eigenvalue weighted by Crippen LogP contribution is -2.48. The zero-order chi connectivity index (χ0) is 19.8. The summed E-state index contributed by atoms with van der Waals surface area (Å²) in [6.45, 7) is 5.26. The van der Waals surface area contributed by atoms with Crippen molar-refractivity contribution in [3.63, 3.8) is 0 Å². The van der Waals surface area contributed by atoms with Gasteiger partial charge in [0.05, 0.1) is 19.8 Å². The van der Waals surface area contributed by atoms with E-state index in [1.807, 2.05) is 12.1 Å². The van der Waals surface area contributed by atoms with E-state index in [-0.39, 0.29) is 43.4 Å². The molecule has 1 heterocycles. The van der Waals surface area contributed by atoms with Crippen molar-refractivity contribution in [3.05, 3.63) is 70.7 Å². The number of rotatable bonds is 8. The number of benzene rings is 2. The Hall–Kier alpha value is -1.34. The Bertz CT molecular complexity index is 739. The van der Waals surface area contributed by atoms with Crippen molar-refractivity contribution in [2.75, 3.05) is 53.0 Å². The molecule has 1 atom stereocenters. The van der Waals surface area contributed by atoms with Gasteiger partial charge in [0.1, 0.15) is 6.61 Å². The van der Waals surface area contributed by atoms with Crippen LogP contribution in [0.5, 0.6) is 0 Å². The Morgan fingerprint density at radius 2 is 1.57 bits per heavy atom. The number of hydrogen-bond acceptors (Lipinski definition) is 5. The highest BCUT2D eigenvalue weighted by atomic mass is 35.5. The monoisotopic (exact) mass is 474 g/mol. The number of methoxy groups -OCH3 is 1. The zero-order valence-electron chi connectivity index (χ0n) is 17.0. The molecule has 0 saturated carbocycles. The van der Waals surface area contributed by atoms with Crippen LogP contribution in [0.1, 0.15) is 17.2 Å². The first-order valence-corrected chi connectivity index (χ1v) is 9.96. The summed E-state index contributed by atoms with van der Waals surface area (Å²) in [5.41, 5.74) is 2.55. The summed E-state index contributed by atoms with van der Waals surface area (Å²) in [7, 11) is 1.37. The molecule has 0 N–H and O–H groups in total. The molecule has 0 radical (unpaired) electrons. The molecular formula is C22H29Cl3N2O3. The number of ether oxygens (including phenoxy) is 2. The number of esters is 1. The number of carbonyl (C=O) groups is 1. The van der Waals surface area contributed by atoms with Crippen LogP contribution in [0.15, 0.2) is 54.6 Å². The molecule has 5 nitrogen and oxygen atoms in total. The Kier molecular flexibility index (Phi) is 12.3. The number of carbonyl (C=O) groups excluding carboxylic acids is 1. The van der Waals surface area contributed by atoms with E-state index in [1.54, 1.807) is 0 Å². The molecule has 1 saturated heterocycles. The van der Waals surface area contributed by atoms with Crippen LogP contribution in [0.4, 0.5) is 0 Å². The lowest BCUT2D eigenvalue weighted by atomic mass is 9.96. The smallest absolute Gasteiger partial charge is 0.331 e. The number of piperazine rings is 1. The lowest BCUT2D eigenvalue weighted by Gasteiger charge is -2.39. The molecule has 2 aromatic rings. The van der Waals surface area contributed by atoms with E-state index in [9.17, 15) is 4.79 Å². The first-order valence-electron chi connectivity index (χ1n) is 9.59. The fourth-order valence-corrected chi connectivity index (χ4v) is 3.67. The topological polar surface area (TPSA) is 42.0 Å². The summed E-state index contributed by atoms with van der Waals surface area (Å²) < 4.78 is 9.95. The van der Waals surface area contributed by atoms with E-state index >= 15 is 0 Å². The Morgan fingerprint density at radius 3 is 2.17 bits per heavy atom. The second kappa shape index (κ2) is 13.9. The first-order chi connectivity index (χ1) is 13.7. The molecule has 0 aliphatic carbocycles. The van der Waals surface area contributed by atoms with Gasteiger partial charge >= 0.3 is 5.97 Å². The van der Waals surface area contributed by atoms with Gasteiger partial charge in [-0.15, -0.1) is 24.8 Å². The number of nitrogens with zero attached hydrogens (tertiary/aromatic N) is 2. The highest BCUT2D eigenvalue weighted by molar-refractivity contribution is 6.30. The third kappa shape index (κ3) is 7.73. The molecule has 0 bridgehead atoms. The largest absolute Gasteiger partial charge is 0.467 e. The average Bonchev–Trinajstić information content (AvgIpc) is 2.74. The predicted octanol–water partition coefficient (Wildman–Crippen LogP) is 4.08. The van der Waals surface area contributed by atoms with Crippen LogP contribution >= 0.6 is 36.4 Å². The van der Waals surface area contributed by atoms with Crippen molar-refractivity contribution in [3.8, 4) is 0 Å². The summed E-state index contributed by atoms with van der Waals surface area (Å²) in [5, 5.41) is 0.757. The minimum absolute atomic E-state index is 0. The number of hydrogen-bond donors (Lipinski definition) is 0. The minimum Gasteiger partial charge on any atom is -0.467 e. The van der Waals surface area contributed by atoms with Crippen LogP contribution in [0.3, 0.4) is 0 Å². The predicted molar refractivity (Wildman–Crippen MR) is 125 cm³/mol. The molecule has 0 spiro atoms. The van der Waals surface area contributed by atoms with E-state index in [4.69, 9.17) is 16.3 Å². The zero-order valence-corrected chi connectivity index (χ0v) is 19.4. The van der Waals surface area contributed by atoms with Crippen molar-refractivity contribution in [1.29, 1.82) is 0 Å². The van der Waals surface area contributed by atoms with Gasteiger partial charge in [0.25, 0.3) is 0 Å². The van der Waals surface area contributed by atoms with Gasteiger partial charge in [-0.25, -0.2) is 4.79 Å². The molecule has 1 fully saturated rings. The molecule has 166 valence electrons. The lowest BCUT2D eigenvalue weighted by molar-refractivity contribution is -0.146. The fraction of sp³-hybridized carbons (Fsp3) is 0.409. The minimum atomic E-state index is -0.335. The molecule has 1 aliphatic rings. The molecule has 1 unspecified atom stereocenters. The van der Waals surface area contributed by atoms with Crippen molar-refractivity contribution in [2.24, 2.45) is 0 Å². The van der Waals surface area contributed by atoms with E-state index in [2.05, 4.69) is 57.0 Å². The maximum absolute atomic E-state index is 11.1. The second-order valence-corrected chi connectivity index (χ2v) is 7.31. The number of halogens is 3. The molecule has 1 aliphatic heterocycles. The standard InChI is InChI=1S/C22H27ClN2O3.2ClH/c1-27-21(26)17-28-16-15-24-11-13-25(14-12-24)22(18-5-3-2-4-6-18)19-7-9-20(23)10-8-19;;/h2-10,22H,11-17H2,1H3;2*1H. The molecule has 2 aromatic carbocycles. The third-order valence-electron chi connectivity index (χ3n) is 5.07. The van der Waals surface area contributed by atoms with Crippen molar-refractivity contribution in [1.82, 2.24) is 9.80 Å². The van der Waals surface area contributed by atoms with Crippen molar-refractivity contribution >= 4 is 42.4 Å². The summed E-state index contributed by atoms with van der Waals surface area (Å²) in [6.07, 6.45) is 0. The molecule has 30 heavy (non-hydrogen) atoms. The molecule has 8 heteroatoms. The SMILES string of the molecule is COC(=O)COCCN1CCN(C(c2ccccc2)c2ccc(Cl)cc2)CC1.Cl.Cl. The van der Waals surface area contributed by atoms with Crippen LogP contribution < -0.4 is 0 Å². The summed E-state index contributed by atoms with van der Waals surface area (Å²) in [6, 6.07) is 19.0. The van der Waals surface area contributed by atoms with Crippen LogP contribution in [0.2, 0.25) is 5.02 Å². The Morgan fingerprint density at radius 1 is 0.967 bits per heavy atom. The quantitative estimate of drug-likeness (QED) is 0.425. The molecule has 0 amide bonds. The van der Waals surface area contributed by atoms with Gasteiger partial charge < -0.3 is 9.47 Å². The highest BCUT2D eigenvalue weighted by Crippen LogP contribution is 2.30. The van der Waals surface area contributed by atoms with Crippen molar-refractivity contribution < 1.29 is 14.3 Å². The van der Waals surface area contributed by atoms with E-state index in [0.29, 0.717) is 6.61 Å². The third-order valence-corrected chi connectivity index (χ3v) is 5.32. The fourth-order valence-electron chi connectivity index (χ4n) is 3.55. The van der Waals surface area contributed by atoms with E-state index in [1.165, 1.54) is 18.2 Å². The van der Waals surface area contributed by atoms with Gasteiger partial charge in [0, 0.05) is 37.7 Å². The van der Waals surface area contributed by atoms with Gasteiger partial charge in [-0.1, -0.05) is 54.1 Å². The van der Waals surface area contributed by atoms with E-state index in [0.717, 1.165) is 37.7 Å². The normalized spacial score (nSPS) is 15.5. The van der Waals surface area contributed by atoms with Gasteiger partial charge in [0.2, 0.25) is 0 Å². The van der Waals surface area contributed by atoms with Crippen LogP contribution in [0.25, 0.3) is 0 Å². The Labute approximate surface area is 196 Å². The summed E-state index contributed by atoms with van der Waals surface area (Å²) in [4.78, 5) is 16.0. The summed E-state index contributed by atoms with van der Waals surface area (Å²) in [5.74, 6) is -0.335. The van der Waals surface area contributed by atoms with Gasteiger partial charge in [-0.05, 0) is 23.3 Å². The maximum atomic E-state index is 11.1. The average molecular weight is 476 g/mol. The van der Waals surface area contributed by atoms with Gasteiger partial charge in [-0.2, -0.15) is 0 Å². The van der Waals surface area contributed by atoms with Gasteiger partial charge in [-0.3, -0.25) is 9.80 Å². The van der Waals surface area contributed by atoms with Crippen LogP contribution in [-0.4, -0.2) is 68.8 Å². The molecule has 0 aromatic heterocycles. The summed E-state index contributed by atoms with van der Waals surface area (Å²) >= 11 is 6.10. The maximum Gasteiger partial charge on any atom is 0.331 e. The Balaban J connectivity index is 0.00000225. The van der Waals surface area contributed by atoms with E-state index < -0.39 is 0 Å². The second-order valence-electron chi connectivity index (χ2n) is 6.87.